The number of benzene rings is 1. The van der Waals surface area contributed by atoms with Crippen LogP contribution in [0.25, 0.3) is 11.4 Å². The third kappa shape index (κ3) is 5.72. The number of hydrogen-bond acceptors (Lipinski definition) is 5. The molecule has 2 rings (SSSR count). The van der Waals surface area contributed by atoms with Crippen LogP contribution in [0.1, 0.15) is 39.5 Å². The van der Waals surface area contributed by atoms with Crippen LogP contribution in [-0.2, 0) is 4.79 Å². The number of nitrogen functional groups attached to an aromatic ring is 1. The Morgan fingerprint density at radius 2 is 2.04 bits per heavy atom. The molecule has 0 saturated heterocycles. The van der Waals surface area contributed by atoms with E-state index in [-0.39, 0.29) is 17.5 Å². The fourth-order valence-corrected chi connectivity index (χ4v) is 3.24. The smallest absolute Gasteiger partial charge is 0.230 e. The number of unbranched alkanes of at least 4 members (excludes halogenated alkanes) is 1. The van der Waals surface area contributed by atoms with Gasteiger partial charge < -0.3 is 11.2 Å². The molecule has 0 saturated carbocycles. The van der Waals surface area contributed by atoms with Crippen LogP contribution in [0.4, 0.5) is 4.39 Å². The molecule has 1 aromatic carbocycles. The summed E-state index contributed by atoms with van der Waals surface area (Å²) in [7, 11) is 0. The van der Waals surface area contributed by atoms with Gasteiger partial charge in [-0.2, -0.15) is 0 Å². The summed E-state index contributed by atoms with van der Waals surface area (Å²) in [4.78, 5) is 12.1. The monoisotopic (exact) mass is 379 g/mol. The van der Waals surface area contributed by atoms with Crippen molar-refractivity contribution >= 4 is 17.7 Å². The van der Waals surface area contributed by atoms with Gasteiger partial charge in [0.15, 0.2) is 5.82 Å². The van der Waals surface area contributed by atoms with Gasteiger partial charge in [-0.15, -0.1) is 10.2 Å². The van der Waals surface area contributed by atoms with Crippen LogP contribution < -0.4 is 11.2 Å². The maximum absolute atomic E-state index is 13.0. The normalized spacial score (nSPS) is 12.1. The summed E-state index contributed by atoms with van der Waals surface area (Å²) in [5.41, 5.74) is 0.666. The predicted octanol–water partition coefficient (Wildman–Crippen LogP) is 3.22. The van der Waals surface area contributed by atoms with Crippen LogP contribution in [0, 0.1) is 11.7 Å². The highest BCUT2D eigenvalue weighted by molar-refractivity contribution is 7.99. The highest BCUT2D eigenvalue weighted by Crippen LogP contribution is 2.21. The first-order valence-corrected chi connectivity index (χ1v) is 9.89. The van der Waals surface area contributed by atoms with Gasteiger partial charge in [-0.3, -0.25) is 4.79 Å². The van der Waals surface area contributed by atoms with Crippen molar-refractivity contribution in [3.05, 3.63) is 30.1 Å². The summed E-state index contributed by atoms with van der Waals surface area (Å²) >= 11 is 1.23. The molecule has 0 unspecified atom stereocenters. The van der Waals surface area contributed by atoms with Crippen LogP contribution in [-0.4, -0.2) is 33.1 Å². The SMILES string of the molecule is CCCC[C@@H](CC)CNC(=O)CSc1nnc(-c2ccc(F)cc2)n1N. The van der Waals surface area contributed by atoms with Crippen molar-refractivity contribution in [3.8, 4) is 11.4 Å². The first kappa shape index (κ1) is 20.2. The minimum absolute atomic E-state index is 0.0451. The maximum atomic E-state index is 13.0. The van der Waals surface area contributed by atoms with Gasteiger partial charge >= 0.3 is 0 Å². The summed E-state index contributed by atoms with van der Waals surface area (Å²) in [5.74, 6) is 6.81. The van der Waals surface area contributed by atoms with Crippen LogP contribution in [0.15, 0.2) is 29.4 Å². The molecule has 3 N–H and O–H groups in total. The average Bonchev–Trinajstić information content (AvgIpc) is 3.01. The Kier molecular flexibility index (Phi) is 7.90. The number of carbonyl (C=O) groups is 1. The molecule has 0 spiro atoms. The molecule has 26 heavy (non-hydrogen) atoms. The predicted molar refractivity (Wildman–Crippen MR) is 103 cm³/mol. The number of hydrogen-bond donors (Lipinski definition) is 2. The van der Waals surface area contributed by atoms with Gasteiger partial charge in [0.2, 0.25) is 11.1 Å². The first-order valence-electron chi connectivity index (χ1n) is 8.91. The molecule has 1 aromatic heterocycles. The molecule has 0 bridgehead atoms. The van der Waals surface area contributed by atoms with Gasteiger partial charge in [0.25, 0.3) is 0 Å². The standard InChI is InChI=1S/C18H26FN5OS/c1-3-5-6-13(4-2)11-21-16(25)12-26-18-23-22-17(24(18)20)14-7-9-15(19)10-8-14/h7-10,13H,3-6,11-12,20H2,1-2H3,(H,21,25)/t13-/m1/s1. The van der Waals surface area contributed by atoms with Gasteiger partial charge in [-0.25, -0.2) is 9.07 Å². The Morgan fingerprint density at radius 1 is 1.31 bits per heavy atom. The molecule has 0 aliphatic rings. The zero-order chi connectivity index (χ0) is 18.9. The lowest BCUT2D eigenvalue weighted by Crippen LogP contribution is -2.30. The van der Waals surface area contributed by atoms with E-state index >= 15 is 0 Å². The summed E-state index contributed by atoms with van der Waals surface area (Å²) < 4.78 is 14.3. The Balaban J connectivity index is 1.86. The average molecular weight is 380 g/mol. The minimum Gasteiger partial charge on any atom is -0.355 e. The number of thioether (sulfide) groups is 1. The molecule has 0 fully saturated rings. The van der Waals surface area contributed by atoms with Crippen LogP contribution in [0.3, 0.4) is 0 Å². The first-order chi connectivity index (χ1) is 12.5. The van der Waals surface area contributed by atoms with Gasteiger partial charge in [-0.1, -0.05) is 44.9 Å². The number of rotatable bonds is 10. The van der Waals surface area contributed by atoms with Crippen LogP contribution in [0.2, 0.25) is 0 Å². The number of carbonyl (C=O) groups excluding carboxylic acids is 1. The van der Waals surface area contributed by atoms with Crippen molar-refractivity contribution in [3.63, 3.8) is 0 Å². The lowest BCUT2D eigenvalue weighted by Gasteiger charge is -2.15. The van der Waals surface area contributed by atoms with E-state index in [4.69, 9.17) is 5.84 Å². The summed E-state index contributed by atoms with van der Waals surface area (Å²) in [6.45, 7) is 5.02. The second-order valence-electron chi connectivity index (χ2n) is 6.19. The fraction of sp³-hybridized carbons (Fsp3) is 0.500. The molecule has 0 radical (unpaired) electrons. The van der Waals surface area contributed by atoms with Gasteiger partial charge in [0, 0.05) is 12.1 Å². The molecule has 1 heterocycles. The zero-order valence-electron chi connectivity index (χ0n) is 15.2. The Hall–Kier alpha value is -2.09. The number of nitrogens with one attached hydrogen (secondary N) is 1. The molecular formula is C18H26FN5OS. The van der Waals surface area contributed by atoms with E-state index < -0.39 is 0 Å². The molecule has 0 aliphatic carbocycles. The summed E-state index contributed by atoms with van der Waals surface area (Å²) in [6, 6.07) is 5.86. The fourth-order valence-electron chi connectivity index (χ4n) is 2.55. The highest BCUT2D eigenvalue weighted by atomic mass is 32.2. The number of halogens is 1. The van der Waals surface area contributed by atoms with Crippen molar-refractivity contribution in [2.75, 3.05) is 18.1 Å². The van der Waals surface area contributed by atoms with E-state index in [1.54, 1.807) is 12.1 Å². The van der Waals surface area contributed by atoms with Crippen LogP contribution in [0.5, 0.6) is 0 Å². The second-order valence-corrected chi connectivity index (χ2v) is 7.13. The number of aromatic nitrogens is 3. The Bertz CT molecular complexity index is 704. The van der Waals surface area contributed by atoms with Gasteiger partial charge in [0.05, 0.1) is 5.75 Å². The van der Waals surface area contributed by atoms with Gasteiger partial charge in [-0.05, 0) is 36.6 Å². The number of nitrogens with two attached hydrogens (primary N) is 1. The third-order valence-electron chi connectivity index (χ3n) is 4.23. The minimum atomic E-state index is -0.326. The molecule has 1 amide bonds. The van der Waals surface area contributed by atoms with E-state index in [2.05, 4.69) is 29.4 Å². The van der Waals surface area contributed by atoms with E-state index in [0.29, 0.717) is 29.0 Å². The summed E-state index contributed by atoms with van der Waals surface area (Å²) in [6.07, 6.45) is 4.55. The van der Waals surface area contributed by atoms with Crippen molar-refractivity contribution in [1.29, 1.82) is 0 Å². The molecule has 0 aliphatic heterocycles. The van der Waals surface area contributed by atoms with Crippen LogP contribution >= 0.6 is 11.8 Å². The molecular weight excluding hydrogens is 353 g/mol. The number of amides is 1. The lowest BCUT2D eigenvalue weighted by molar-refractivity contribution is -0.118. The Morgan fingerprint density at radius 3 is 2.69 bits per heavy atom. The van der Waals surface area contributed by atoms with Crippen molar-refractivity contribution in [2.45, 2.75) is 44.7 Å². The van der Waals surface area contributed by atoms with E-state index in [9.17, 15) is 9.18 Å². The molecule has 8 heteroatoms. The largest absolute Gasteiger partial charge is 0.355 e. The van der Waals surface area contributed by atoms with Crippen molar-refractivity contribution < 1.29 is 9.18 Å². The lowest BCUT2D eigenvalue weighted by atomic mass is 9.99. The Labute approximate surface area is 157 Å². The van der Waals surface area contributed by atoms with E-state index in [1.807, 2.05) is 0 Å². The molecule has 1 atom stereocenters. The quantitative estimate of drug-likeness (QED) is 0.489. The van der Waals surface area contributed by atoms with Gasteiger partial charge in [0.1, 0.15) is 5.82 Å². The third-order valence-corrected chi connectivity index (χ3v) is 5.17. The molecule has 2 aromatic rings. The second kappa shape index (κ2) is 10.2. The number of nitrogens with zero attached hydrogens (tertiary/aromatic N) is 3. The molecule has 142 valence electrons. The van der Waals surface area contributed by atoms with E-state index in [1.165, 1.54) is 41.4 Å². The zero-order valence-corrected chi connectivity index (χ0v) is 16.1. The highest BCUT2D eigenvalue weighted by Gasteiger charge is 2.14. The van der Waals surface area contributed by atoms with Crippen molar-refractivity contribution in [2.24, 2.45) is 5.92 Å². The molecule has 6 nitrogen and oxygen atoms in total. The van der Waals surface area contributed by atoms with E-state index in [0.717, 1.165) is 12.8 Å². The topological polar surface area (TPSA) is 85.8 Å². The maximum Gasteiger partial charge on any atom is 0.230 e. The summed E-state index contributed by atoms with van der Waals surface area (Å²) in [5, 5.41) is 11.5. The van der Waals surface area contributed by atoms with Crippen molar-refractivity contribution in [1.82, 2.24) is 20.2 Å².